The molecule has 0 unspecified atom stereocenters. The highest BCUT2D eigenvalue weighted by atomic mass is 35.5. The number of benzene rings is 5. The molecule has 5 rings (SSSR count). The first kappa shape index (κ1) is 34.3. The fourth-order valence-electron chi connectivity index (χ4n) is 3.89. The van der Waals surface area contributed by atoms with E-state index in [-0.39, 0.29) is 28.2 Å². The van der Waals surface area contributed by atoms with E-state index in [1.54, 1.807) is 60.7 Å². The number of carbonyl (C=O) groups excluding carboxylic acids is 3. The number of rotatable bonds is 11. The molecule has 48 heavy (non-hydrogen) atoms. The van der Waals surface area contributed by atoms with Gasteiger partial charge in [-0.05, 0) is 109 Å². The fourth-order valence-corrected chi connectivity index (χ4v) is 4.40. The van der Waals surface area contributed by atoms with Crippen molar-refractivity contribution in [2.75, 3.05) is 0 Å². The molecular formula is C35H22Cl4N2O7. The van der Waals surface area contributed by atoms with E-state index in [9.17, 15) is 14.4 Å². The Bertz CT molecular complexity index is 1890. The zero-order chi connectivity index (χ0) is 34.0. The number of hydrogen-bond acceptors (Lipinski definition) is 8. The van der Waals surface area contributed by atoms with Gasteiger partial charge in [0.15, 0.2) is 0 Å². The number of amides is 1. The lowest BCUT2D eigenvalue weighted by molar-refractivity contribution is -0.140. The van der Waals surface area contributed by atoms with Crippen molar-refractivity contribution in [2.24, 2.45) is 5.10 Å². The predicted octanol–water partition coefficient (Wildman–Crippen LogP) is 8.67. The van der Waals surface area contributed by atoms with Crippen molar-refractivity contribution >= 4 is 70.5 Å². The van der Waals surface area contributed by atoms with Gasteiger partial charge in [-0.25, -0.2) is 15.0 Å². The summed E-state index contributed by atoms with van der Waals surface area (Å²) >= 11 is 23.8. The van der Waals surface area contributed by atoms with E-state index in [4.69, 9.17) is 65.4 Å². The van der Waals surface area contributed by atoms with Gasteiger partial charge in [-0.3, -0.25) is 4.79 Å². The Hall–Kier alpha value is -5.06. The molecule has 0 heterocycles. The van der Waals surface area contributed by atoms with Crippen LogP contribution in [0.15, 0.2) is 120 Å². The molecule has 0 saturated carbocycles. The topological polar surface area (TPSA) is 113 Å². The molecule has 0 saturated heterocycles. The summed E-state index contributed by atoms with van der Waals surface area (Å²) < 4.78 is 22.6. The van der Waals surface area contributed by atoms with Gasteiger partial charge in [0.25, 0.3) is 0 Å². The van der Waals surface area contributed by atoms with Crippen LogP contribution in [0.4, 0.5) is 0 Å². The molecule has 242 valence electrons. The number of halogens is 4. The molecule has 0 aliphatic rings. The molecule has 1 N–H and O–H groups in total. The third-order valence-electron chi connectivity index (χ3n) is 6.26. The van der Waals surface area contributed by atoms with Gasteiger partial charge < -0.3 is 18.9 Å². The Balaban J connectivity index is 1.36. The summed E-state index contributed by atoms with van der Waals surface area (Å²) in [4.78, 5) is 38.9. The smallest absolute Gasteiger partial charge is 0.343 e. The Kier molecular flexibility index (Phi) is 11.5. The third-order valence-corrected chi connectivity index (χ3v) is 7.27. The molecule has 5 aromatic rings. The Labute approximate surface area is 294 Å². The average Bonchev–Trinajstić information content (AvgIpc) is 3.07. The van der Waals surface area contributed by atoms with Crippen LogP contribution in [0, 0.1) is 0 Å². The maximum absolute atomic E-state index is 13.2. The van der Waals surface area contributed by atoms with Crippen LogP contribution in [-0.2, 0) is 4.79 Å². The van der Waals surface area contributed by atoms with Crippen LogP contribution in [-0.4, -0.2) is 30.4 Å². The molecule has 0 bridgehead atoms. The highest BCUT2D eigenvalue weighted by Crippen LogP contribution is 2.27. The van der Waals surface area contributed by atoms with Crippen LogP contribution in [0.3, 0.4) is 0 Å². The Morgan fingerprint density at radius 1 is 0.562 bits per heavy atom. The van der Waals surface area contributed by atoms with Gasteiger partial charge in [0.2, 0.25) is 0 Å². The van der Waals surface area contributed by atoms with Crippen molar-refractivity contribution in [3.8, 4) is 23.0 Å². The number of hydrogen-bond donors (Lipinski definition) is 1. The molecule has 0 aromatic heterocycles. The van der Waals surface area contributed by atoms with Crippen molar-refractivity contribution in [3.63, 3.8) is 0 Å². The van der Waals surface area contributed by atoms with Gasteiger partial charge in [-0.2, -0.15) is 5.10 Å². The van der Waals surface area contributed by atoms with Gasteiger partial charge in [0.05, 0.1) is 17.3 Å². The van der Waals surface area contributed by atoms with Gasteiger partial charge in [0, 0.05) is 31.7 Å². The van der Waals surface area contributed by atoms with Crippen molar-refractivity contribution in [1.82, 2.24) is 5.43 Å². The molecule has 0 fully saturated rings. The zero-order valence-corrected chi connectivity index (χ0v) is 27.5. The predicted molar refractivity (Wildman–Crippen MR) is 183 cm³/mol. The first-order chi connectivity index (χ1) is 23.1. The summed E-state index contributed by atoms with van der Waals surface area (Å²) in [5, 5.41) is 5.86. The van der Waals surface area contributed by atoms with E-state index in [1.165, 1.54) is 60.8 Å². The Morgan fingerprint density at radius 3 is 1.46 bits per heavy atom. The zero-order valence-electron chi connectivity index (χ0n) is 24.4. The number of hydrazone groups is 1. The highest BCUT2D eigenvalue weighted by molar-refractivity contribution is 6.31. The van der Waals surface area contributed by atoms with E-state index in [2.05, 4.69) is 10.5 Å². The molecule has 9 nitrogen and oxygen atoms in total. The Morgan fingerprint density at radius 2 is 0.979 bits per heavy atom. The summed E-state index contributed by atoms with van der Waals surface area (Å²) in [6.07, 6.45) is -0.254. The maximum atomic E-state index is 13.2. The van der Waals surface area contributed by atoms with Gasteiger partial charge in [0.1, 0.15) is 23.0 Å². The summed E-state index contributed by atoms with van der Waals surface area (Å²) in [7, 11) is 0. The molecule has 1 amide bonds. The minimum absolute atomic E-state index is 0.0271. The first-order valence-corrected chi connectivity index (χ1v) is 15.4. The maximum Gasteiger partial charge on any atom is 0.343 e. The van der Waals surface area contributed by atoms with Crippen LogP contribution < -0.4 is 24.4 Å². The lowest BCUT2D eigenvalue weighted by Gasteiger charge is -2.19. The normalized spacial score (nSPS) is 10.9. The van der Waals surface area contributed by atoms with E-state index in [1.807, 2.05) is 0 Å². The van der Waals surface area contributed by atoms with Crippen LogP contribution in [0.1, 0.15) is 26.3 Å². The molecule has 0 spiro atoms. The quantitative estimate of drug-likeness (QED) is 0.0477. The first-order valence-electron chi connectivity index (χ1n) is 13.9. The average molecular weight is 724 g/mol. The largest absolute Gasteiger partial charge is 0.446 e. The van der Waals surface area contributed by atoms with Gasteiger partial charge >= 0.3 is 24.1 Å². The highest BCUT2D eigenvalue weighted by Gasteiger charge is 2.23. The monoisotopic (exact) mass is 722 g/mol. The van der Waals surface area contributed by atoms with E-state index >= 15 is 0 Å². The van der Waals surface area contributed by atoms with Crippen LogP contribution in [0.25, 0.3) is 0 Å². The van der Waals surface area contributed by atoms with Gasteiger partial charge in [-0.15, -0.1) is 0 Å². The molecule has 13 heteroatoms. The van der Waals surface area contributed by atoms with E-state index in [0.29, 0.717) is 31.6 Å². The van der Waals surface area contributed by atoms with E-state index in [0.717, 1.165) is 0 Å². The number of nitrogens with one attached hydrogen (secondary N) is 1. The van der Waals surface area contributed by atoms with Crippen molar-refractivity contribution < 1.29 is 33.3 Å². The summed E-state index contributed by atoms with van der Waals surface area (Å²) in [6, 6.07) is 29.1. The van der Waals surface area contributed by atoms with E-state index < -0.39 is 24.1 Å². The SMILES string of the molecule is O=C(Oc1ccc(C=NNC(=O)C(Oc2ccc(Cl)cc2)Oc2ccc(Cl)cc2)c(OC(=O)c2ccc(Cl)cc2)c1)c1ccc(Cl)cc1. The summed E-state index contributed by atoms with van der Waals surface area (Å²) in [5.74, 6) is -1.51. The van der Waals surface area contributed by atoms with Crippen molar-refractivity contribution in [3.05, 3.63) is 152 Å². The second kappa shape index (κ2) is 16.2. The number of ether oxygens (including phenoxy) is 4. The standard InChI is InChI=1S/C35H22Cl4N2O7/c36-24-6-1-21(2-7-24)33(43)45-30-14-5-23(31(19-30)48-34(44)22-3-8-25(37)9-4-22)20-40-41-32(42)35(46-28-15-10-26(38)11-16-28)47-29-17-12-27(39)13-18-29/h1-20,35H,(H,41,42). The second-order valence-corrected chi connectivity index (χ2v) is 11.4. The lowest BCUT2D eigenvalue weighted by atomic mass is 10.2. The molecule has 5 aromatic carbocycles. The number of carbonyl (C=O) groups is 3. The molecule has 0 aliphatic carbocycles. The molecule has 0 aliphatic heterocycles. The fraction of sp³-hybridized carbons (Fsp3) is 0.0286. The summed E-state index contributed by atoms with van der Waals surface area (Å²) in [5.41, 5.74) is 3.07. The van der Waals surface area contributed by atoms with Crippen LogP contribution >= 0.6 is 46.4 Å². The van der Waals surface area contributed by atoms with Gasteiger partial charge in [-0.1, -0.05) is 46.4 Å². The lowest BCUT2D eigenvalue weighted by Crippen LogP contribution is -2.40. The molecule has 0 radical (unpaired) electrons. The van der Waals surface area contributed by atoms with Crippen molar-refractivity contribution in [1.29, 1.82) is 0 Å². The minimum atomic E-state index is -1.48. The molecular weight excluding hydrogens is 702 g/mol. The number of nitrogens with zero attached hydrogens (tertiary/aromatic N) is 1. The second-order valence-electron chi connectivity index (χ2n) is 9.70. The van der Waals surface area contributed by atoms with Crippen LogP contribution in [0.2, 0.25) is 20.1 Å². The van der Waals surface area contributed by atoms with Crippen molar-refractivity contribution in [2.45, 2.75) is 6.29 Å². The third kappa shape index (κ3) is 9.73. The van der Waals surface area contributed by atoms with Crippen LogP contribution in [0.5, 0.6) is 23.0 Å². The number of esters is 2. The minimum Gasteiger partial charge on any atom is -0.446 e. The summed E-state index contributed by atoms with van der Waals surface area (Å²) in [6.45, 7) is 0. The molecule has 0 atom stereocenters.